The second-order valence-corrected chi connectivity index (χ2v) is 7.32. The molecule has 0 unspecified atom stereocenters. The van der Waals surface area contributed by atoms with Crippen LogP contribution in [0.1, 0.15) is 0 Å². The number of nitrogens with one attached hydrogen (secondary N) is 1. The maximum atomic E-state index is 12.2. The standard InChI is InChI=1S/C20H23N5O2S/c1-24(2)16-10-8-14(9-11-16)19-22-23-20(25(19)3)28-13-18(26)21-15-6-5-7-17(12-15)27-4/h5-12H,13H2,1-4H3,(H,21,26). The number of hydrogen-bond donors (Lipinski definition) is 1. The molecule has 0 saturated carbocycles. The van der Waals surface area contributed by atoms with Crippen molar-refractivity contribution in [2.45, 2.75) is 5.16 Å². The normalized spacial score (nSPS) is 10.6. The zero-order chi connectivity index (χ0) is 20.1. The lowest BCUT2D eigenvalue weighted by Crippen LogP contribution is -2.14. The third-order valence-corrected chi connectivity index (χ3v) is 5.18. The Morgan fingerprint density at radius 2 is 1.93 bits per heavy atom. The van der Waals surface area contributed by atoms with Crippen LogP contribution in [0.4, 0.5) is 11.4 Å². The number of ether oxygens (including phenoxy) is 1. The van der Waals surface area contributed by atoms with Crippen LogP contribution in [0, 0.1) is 0 Å². The number of anilines is 2. The van der Waals surface area contributed by atoms with Gasteiger partial charge in [-0.15, -0.1) is 10.2 Å². The molecule has 0 aliphatic heterocycles. The molecule has 28 heavy (non-hydrogen) atoms. The Morgan fingerprint density at radius 3 is 2.61 bits per heavy atom. The van der Waals surface area contributed by atoms with Crippen LogP contribution in [0.2, 0.25) is 0 Å². The molecule has 146 valence electrons. The van der Waals surface area contributed by atoms with Gasteiger partial charge < -0.3 is 19.5 Å². The average Bonchev–Trinajstić information content (AvgIpc) is 3.07. The number of amides is 1. The molecule has 0 aliphatic carbocycles. The molecular weight excluding hydrogens is 374 g/mol. The summed E-state index contributed by atoms with van der Waals surface area (Å²) in [6.07, 6.45) is 0. The van der Waals surface area contributed by atoms with Crippen LogP contribution in [-0.4, -0.2) is 47.6 Å². The lowest BCUT2D eigenvalue weighted by Gasteiger charge is -2.12. The third kappa shape index (κ3) is 4.64. The predicted molar refractivity (Wildman–Crippen MR) is 113 cm³/mol. The maximum Gasteiger partial charge on any atom is 0.234 e. The van der Waals surface area contributed by atoms with Gasteiger partial charge in [-0.1, -0.05) is 17.8 Å². The Labute approximate surface area is 168 Å². The number of thioether (sulfide) groups is 1. The first-order valence-electron chi connectivity index (χ1n) is 8.72. The highest BCUT2D eigenvalue weighted by Gasteiger charge is 2.13. The highest BCUT2D eigenvalue weighted by molar-refractivity contribution is 7.99. The van der Waals surface area contributed by atoms with E-state index in [9.17, 15) is 4.79 Å². The van der Waals surface area contributed by atoms with Crippen LogP contribution < -0.4 is 15.0 Å². The smallest absolute Gasteiger partial charge is 0.234 e. The average molecular weight is 398 g/mol. The molecule has 0 spiro atoms. The van der Waals surface area contributed by atoms with Gasteiger partial charge in [0.25, 0.3) is 0 Å². The van der Waals surface area contributed by atoms with Crippen LogP contribution in [-0.2, 0) is 11.8 Å². The first kappa shape index (κ1) is 19.8. The summed E-state index contributed by atoms with van der Waals surface area (Å²) in [4.78, 5) is 14.3. The molecule has 0 aliphatic rings. The molecule has 1 heterocycles. The molecule has 8 heteroatoms. The molecule has 0 atom stereocenters. The SMILES string of the molecule is COc1cccc(NC(=O)CSc2nnc(-c3ccc(N(C)C)cc3)n2C)c1. The number of methoxy groups -OCH3 is 1. The molecule has 7 nitrogen and oxygen atoms in total. The summed E-state index contributed by atoms with van der Waals surface area (Å²) < 4.78 is 7.06. The number of rotatable bonds is 7. The zero-order valence-corrected chi connectivity index (χ0v) is 17.2. The summed E-state index contributed by atoms with van der Waals surface area (Å²) in [5, 5.41) is 12.0. The van der Waals surface area contributed by atoms with E-state index in [2.05, 4.69) is 15.5 Å². The van der Waals surface area contributed by atoms with Gasteiger partial charge >= 0.3 is 0 Å². The lowest BCUT2D eigenvalue weighted by molar-refractivity contribution is -0.113. The Bertz CT molecular complexity index is 953. The fourth-order valence-electron chi connectivity index (χ4n) is 2.63. The van der Waals surface area contributed by atoms with Crippen LogP contribution in [0.15, 0.2) is 53.7 Å². The third-order valence-electron chi connectivity index (χ3n) is 4.16. The Kier molecular flexibility index (Phi) is 6.20. The molecule has 0 bridgehead atoms. The number of nitrogens with zero attached hydrogens (tertiary/aromatic N) is 4. The second kappa shape index (κ2) is 8.79. The van der Waals surface area contributed by atoms with E-state index in [1.807, 2.05) is 73.1 Å². The van der Waals surface area contributed by atoms with Crippen molar-refractivity contribution in [2.75, 3.05) is 37.2 Å². The number of carbonyl (C=O) groups is 1. The van der Waals surface area contributed by atoms with E-state index in [0.29, 0.717) is 16.6 Å². The molecule has 3 aromatic rings. The molecule has 0 fully saturated rings. The monoisotopic (exact) mass is 397 g/mol. The fourth-order valence-corrected chi connectivity index (χ4v) is 3.34. The van der Waals surface area contributed by atoms with Crippen molar-refractivity contribution < 1.29 is 9.53 Å². The lowest BCUT2D eigenvalue weighted by atomic mass is 10.2. The zero-order valence-electron chi connectivity index (χ0n) is 16.3. The van der Waals surface area contributed by atoms with E-state index in [1.165, 1.54) is 11.8 Å². The predicted octanol–water partition coefficient (Wildman–Crippen LogP) is 3.29. The van der Waals surface area contributed by atoms with Crippen molar-refractivity contribution in [2.24, 2.45) is 7.05 Å². The highest BCUT2D eigenvalue weighted by Crippen LogP contribution is 2.25. The van der Waals surface area contributed by atoms with Gasteiger partial charge in [-0.25, -0.2) is 0 Å². The molecule has 1 amide bonds. The summed E-state index contributed by atoms with van der Waals surface area (Å²) in [5.74, 6) is 1.59. The van der Waals surface area contributed by atoms with Crippen LogP contribution in [0.25, 0.3) is 11.4 Å². The van der Waals surface area contributed by atoms with Gasteiger partial charge in [0.15, 0.2) is 11.0 Å². The van der Waals surface area contributed by atoms with Gasteiger partial charge in [0.1, 0.15) is 5.75 Å². The quantitative estimate of drug-likeness (QED) is 0.617. The Hall–Kier alpha value is -3.00. The van der Waals surface area contributed by atoms with Crippen molar-refractivity contribution in [3.05, 3.63) is 48.5 Å². The number of carbonyl (C=O) groups excluding carboxylic acids is 1. The summed E-state index contributed by atoms with van der Waals surface area (Å²) in [6, 6.07) is 15.4. The maximum absolute atomic E-state index is 12.2. The highest BCUT2D eigenvalue weighted by atomic mass is 32.2. The van der Waals surface area contributed by atoms with Gasteiger partial charge in [0.2, 0.25) is 5.91 Å². The van der Waals surface area contributed by atoms with Gasteiger partial charge in [0, 0.05) is 44.1 Å². The summed E-state index contributed by atoms with van der Waals surface area (Å²) >= 11 is 1.35. The first-order valence-corrected chi connectivity index (χ1v) is 9.70. The van der Waals surface area contributed by atoms with Gasteiger partial charge in [0.05, 0.1) is 12.9 Å². The minimum Gasteiger partial charge on any atom is -0.497 e. The fraction of sp³-hybridized carbons (Fsp3) is 0.250. The topological polar surface area (TPSA) is 72.3 Å². The van der Waals surface area contributed by atoms with Crippen LogP contribution in [0.5, 0.6) is 5.75 Å². The van der Waals surface area contributed by atoms with Gasteiger partial charge in [-0.3, -0.25) is 4.79 Å². The first-order chi connectivity index (χ1) is 13.5. The molecule has 0 radical (unpaired) electrons. The van der Waals surface area contributed by atoms with E-state index in [4.69, 9.17) is 4.74 Å². The Morgan fingerprint density at radius 1 is 1.18 bits per heavy atom. The van der Waals surface area contributed by atoms with E-state index in [-0.39, 0.29) is 11.7 Å². The van der Waals surface area contributed by atoms with Crippen LogP contribution in [0.3, 0.4) is 0 Å². The van der Waals surface area contributed by atoms with Gasteiger partial charge in [-0.05, 0) is 36.4 Å². The molecule has 0 saturated heterocycles. The minimum absolute atomic E-state index is 0.113. The van der Waals surface area contributed by atoms with Gasteiger partial charge in [-0.2, -0.15) is 0 Å². The number of aromatic nitrogens is 3. The van der Waals surface area contributed by atoms with Crippen molar-refractivity contribution in [1.29, 1.82) is 0 Å². The van der Waals surface area contributed by atoms with Crippen molar-refractivity contribution in [3.63, 3.8) is 0 Å². The van der Waals surface area contributed by atoms with Crippen LogP contribution >= 0.6 is 11.8 Å². The van der Waals surface area contributed by atoms with E-state index in [1.54, 1.807) is 13.2 Å². The van der Waals surface area contributed by atoms with E-state index < -0.39 is 0 Å². The number of hydrogen-bond acceptors (Lipinski definition) is 6. The van der Waals surface area contributed by atoms with Crippen molar-refractivity contribution in [1.82, 2.24) is 14.8 Å². The molecule has 2 aromatic carbocycles. The van der Waals surface area contributed by atoms with E-state index >= 15 is 0 Å². The molecular formula is C20H23N5O2S. The Balaban J connectivity index is 1.63. The summed E-state index contributed by atoms with van der Waals surface area (Å²) in [6.45, 7) is 0. The van der Waals surface area contributed by atoms with Crippen molar-refractivity contribution in [3.8, 4) is 17.1 Å². The summed E-state index contributed by atoms with van der Waals surface area (Å²) in [5.41, 5.74) is 2.80. The largest absolute Gasteiger partial charge is 0.497 e. The molecule has 1 N–H and O–H groups in total. The second-order valence-electron chi connectivity index (χ2n) is 6.38. The minimum atomic E-state index is -0.113. The van der Waals surface area contributed by atoms with Crippen molar-refractivity contribution >= 4 is 29.0 Å². The summed E-state index contributed by atoms with van der Waals surface area (Å²) in [7, 11) is 7.50. The molecule has 1 aromatic heterocycles. The van der Waals surface area contributed by atoms with E-state index in [0.717, 1.165) is 17.1 Å². The number of benzene rings is 2. The molecule has 3 rings (SSSR count).